The Morgan fingerprint density at radius 1 is 1.71 bits per heavy atom. The van der Waals surface area contributed by atoms with Crippen molar-refractivity contribution < 1.29 is 9.84 Å². The highest BCUT2D eigenvalue weighted by Gasteiger charge is 2.20. The second kappa shape index (κ2) is 1.80. The molecule has 1 fully saturated rings. The van der Waals surface area contributed by atoms with Crippen LogP contribution >= 0.6 is 0 Å². The number of aliphatic hydroxyl groups excluding tert-OH is 1. The van der Waals surface area contributed by atoms with E-state index < -0.39 is 0 Å². The molecule has 0 unspecified atom stereocenters. The lowest BCUT2D eigenvalue weighted by molar-refractivity contribution is 0.0556. The van der Waals surface area contributed by atoms with Crippen molar-refractivity contribution in [3.63, 3.8) is 0 Å². The van der Waals surface area contributed by atoms with Gasteiger partial charge in [-0.25, -0.2) is 0 Å². The summed E-state index contributed by atoms with van der Waals surface area (Å²) in [6.07, 6.45) is 0.668. The molecule has 2 nitrogen and oxygen atoms in total. The molecule has 0 spiro atoms. The van der Waals surface area contributed by atoms with Gasteiger partial charge in [0.25, 0.3) is 0 Å². The zero-order valence-electron chi connectivity index (χ0n) is 4.42. The lowest BCUT2D eigenvalue weighted by atomic mass is 10.2. The summed E-state index contributed by atoms with van der Waals surface area (Å²) in [5, 5.41) is 8.87. The van der Waals surface area contributed by atoms with Gasteiger partial charge < -0.3 is 9.84 Å². The number of ether oxygens (including phenoxy) is 1. The number of aliphatic hydroxyl groups is 1. The minimum atomic E-state index is -0.208. The maximum Gasteiger partial charge on any atom is 0.0821 e. The summed E-state index contributed by atoms with van der Waals surface area (Å²) in [7, 11) is 0. The molecule has 1 N–H and O–H groups in total. The van der Waals surface area contributed by atoms with E-state index in [1.165, 1.54) is 0 Å². The Kier molecular flexibility index (Phi) is 1.30. The van der Waals surface area contributed by atoms with Gasteiger partial charge in [-0.1, -0.05) is 0 Å². The minimum absolute atomic E-state index is 0.0694. The topological polar surface area (TPSA) is 29.5 Å². The van der Waals surface area contributed by atoms with Crippen LogP contribution in [0.3, 0.4) is 0 Å². The molecule has 0 bridgehead atoms. The maximum atomic E-state index is 8.87. The molecule has 2 heteroatoms. The first-order valence-corrected chi connectivity index (χ1v) is 2.60. The fourth-order valence-corrected chi connectivity index (χ4v) is 0.720. The maximum absolute atomic E-state index is 8.87. The molecule has 0 amide bonds. The molecule has 2 atom stereocenters. The van der Waals surface area contributed by atoms with Crippen LogP contribution in [0.2, 0.25) is 0 Å². The van der Waals surface area contributed by atoms with Crippen LogP contribution in [0.25, 0.3) is 0 Å². The van der Waals surface area contributed by atoms with E-state index in [-0.39, 0.29) is 12.2 Å². The summed E-state index contributed by atoms with van der Waals surface area (Å²) in [6, 6.07) is 0. The molecule has 7 heavy (non-hydrogen) atoms. The average molecular weight is 102 g/mol. The van der Waals surface area contributed by atoms with Gasteiger partial charge in [-0.15, -0.1) is 0 Å². The predicted molar refractivity (Wildman–Crippen MR) is 26.0 cm³/mol. The fourth-order valence-electron chi connectivity index (χ4n) is 0.720. The van der Waals surface area contributed by atoms with E-state index in [1.807, 2.05) is 6.92 Å². The molecule has 0 aromatic rings. The van der Waals surface area contributed by atoms with Crippen LogP contribution in [-0.4, -0.2) is 23.9 Å². The smallest absolute Gasteiger partial charge is 0.0821 e. The van der Waals surface area contributed by atoms with Gasteiger partial charge in [-0.05, 0) is 13.3 Å². The van der Waals surface area contributed by atoms with Crippen molar-refractivity contribution in [3.8, 4) is 0 Å². The molecule has 1 aliphatic rings. The molecule has 42 valence electrons. The summed E-state index contributed by atoms with van der Waals surface area (Å²) < 4.78 is 5.02. The molecule has 1 aliphatic heterocycles. The molecule has 1 rings (SSSR count). The lowest BCUT2D eigenvalue weighted by Gasteiger charge is -2.03. The van der Waals surface area contributed by atoms with Crippen LogP contribution in [0.1, 0.15) is 13.3 Å². The van der Waals surface area contributed by atoms with E-state index >= 15 is 0 Å². The molecular weight excluding hydrogens is 92.1 g/mol. The quantitative estimate of drug-likeness (QED) is 0.472. The van der Waals surface area contributed by atoms with E-state index in [9.17, 15) is 0 Å². The standard InChI is InChI=1S/C5H10O2/c1-4-5(6)2-3-7-4/h4-6H,2-3H2,1H3/t4-,5+/m1/s1. The van der Waals surface area contributed by atoms with Gasteiger partial charge in [-0.2, -0.15) is 0 Å². The van der Waals surface area contributed by atoms with Gasteiger partial charge in [0.1, 0.15) is 0 Å². The van der Waals surface area contributed by atoms with Crippen molar-refractivity contribution >= 4 is 0 Å². The lowest BCUT2D eigenvalue weighted by Crippen LogP contribution is -2.15. The van der Waals surface area contributed by atoms with E-state index in [1.54, 1.807) is 0 Å². The second-order valence-corrected chi connectivity index (χ2v) is 1.93. The minimum Gasteiger partial charge on any atom is -0.390 e. The highest BCUT2D eigenvalue weighted by Crippen LogP contribution is 2.10. The van der Waals surface area contributed by atoms with Gasteiger partial charge >= 0.3 is 0 Å². The summed E-state index contributed by atoms with van der Waals surface area (Å²) in [6.45, 7) is 2.61. The first-order valence-electron chi connectivity index (χ1n) is 2.60. The Morgan fingerprint density at radius 2 is 2.43 bits per heavy atom. The van der Waals surface area contributed by atoms with Crippen LogP contribution in [0, 0.1) is 0 Å². The third kappa shape index (κ3) is 0.924. The Hall–Kier alpha value is -0.0800. The van der Waals surface area contributed by atoms with Gasteiger partial charge in [0.05, 0.1) is 12.2 Å². The first-order chi connectivity index (χ1) is 3.30. The van der Waals surface area contributed by atoms with Gasteiger partial charge in [0.15, 0.2) is 0 Å². The van der Waals surface area contributed by atoms with Gasteiger partial charge in [0.2, 0.25) is 0 Å². The van der Waals surface area contributed by atoms with Crippen LogP contribution < -0.4 is 0 Å². The third-order valence-electron chi connectivity index (χ3n) is 1.34. The highest BCUT2D eigenvalue weighted by molar-refractivity contribution is 4.69. The summed E-state index contributed by atoms with van der Waals surface area (Å²) >= 11 is 0. The van der Waals surface area contributed by atoms with E-state index in [2.05, 4.69) is 0 Å². The Balaban J connectivity index is 2.33. The first kappa shape index (κ1) is 5.06. The molecule has 0 radical (unpaired) electrons. The second-order valence-electron chi connectivity index (χ2n) is 1.93. The normalized spacial score (nSPS) is 42.0. The van der Waals surface area contributed by atoms with Crippen molar-refractivity contribution in [2.75, 3.05) is 6.61 Å². The van der Waals surface area contributed by atoms with E-state index in [4.69, 9.17) is 9.84 Å². The Bertz CT molecular complexity index is 55.1. The van der Waals surface area contributed by atoms with Crippen molar-refractivity contribution in [1.29, 1.82) is 0 Å². The number of hydrogen-bond acceptors (Lipinski definition) is 2. The Morgan fingerprint density at radius 3 is 2.57 bits per heavy atom. The molecular formula is C5H10O2. The zero-order chi connectivity index (χ0) is 5.28. The zero-order valence-corrected chi connectivity index (χ0v) is 4.42. The number of hydrogen-bond donors (Lipinski definition) is 1. The van der Waals surface area contributed by atoms with Crippen molar-refractivity contribution in [3.05, 3.63) is 0 Å². The average Bonchev–Trinajstić information content (AvgIpc) is 1.91. The van der Waals surface area contributed by atoms with E-state index in [0.717, 1.165) is 13.0 Å². The SMILES string of the molecule is C[C@H]1OCC[C@@H]1O. The molecule has 0 saturated carbocycles. The summed E-state index contributed by atoms with van der Waals surface area (Å²) in [4.78, 5) is 0. The Labute approximate surface area is 43.1 Å². The largest absolute Gasteiger partial charge is 0.390 e. The van der Waals surface area contributed by atoms with Crippen LogP contribution in [0.4, 0.5) is 0 Å². The molecule has 0 aliphatic carbocycles. The van der Waals surface area contributed by atoms with Crippen molar-refractivity contribution in [2.45, 2.75) is 25.6 Å². The van der Waals surface area contributed by atoms with Crippen LogP contribution in [-0.2, 0) is 4.74 Å². The number of rotatable bonds is 0. The van der Waals surface area contributed by atoms with Crippen LogP contribution in [0.15, 0.2) is 0 Å². The third-order valence-corrected chi connectivity index (χ3v) is 1.34. The van der Waals surface area contributed by atoms with Gasteiger partial charge in [0, 0.05) is 6.61 Å². The predicted octanol–water partition coefficient (Wildman–Crippen LogP) is 0.156. The van der Waals surface area contributed by atoms with Crippen LogP contribution in [0.5, 0.6) is 0 Å². The fraction of sp³-hybridized carbons (Fsp3) is 1.00. The molecule has 0 aromatic carbocycles. The van der Waals surface area contributed by atoms with E-state index in [0.29, 0.717) is 0 Å². The molecule has 1 heterocycles. The highest BCUT2D eigenvalue weighted by atomic mass is 16.5. The van der Waals surface area contributed by atoms with Crippen molar-refractivity contribution in [1.82, 2.24) is 0 Å². The summed E-state index contributed by atoms with van der Waals surface area (Å²) in [5.41, 5.74) is 0. The molecule has 0 aromatic heterocycles. The molecule has 1 saturated heterocycles. The monoisotopic (exact) mass is 102 g/mol. The van der Waals surface area contributed by atoms with Crippen molar-refractivity contribution in [2.24, 2.45) is 0 Å². The summed E-state index contributed by atoms with van der Waals surface area (Å²) in [5.74, 6) is 0. The van der Waals surface area contributed by atoms with Gasteiger partial charge in [-0.3, -0.25) is 0 Å².